The van der Waals surface area contributed by atoms with Crippen molar-refractivity contribution in [3.8, 4) is 0 Å². The molecule has 4 rings (SSSR count). The average molecular weight is 328 g/mol. The molecular weight excluding hydrogens is 304 g/mol. The molecule has 0 radical (unpaired) electrons. The van der Waals surface area contributed by atoms with Gasteiger partial charge >= 0.3 is 0 Å². The molecular formula is C17H24N6O. The van der Waals surface area contributed by atoms with Crippen molar-refractivity contribution >= 4 is 17.2 Å². The first-order chi connectivity index (χ1) is 11.6. The second-order valence-corrected chi connectivity index (χ2v) is 7.47. The second-order valence-electron chi connectivity index (χ2n) is 7.47. The summed E-state index contributed by atoms with van der Waals surface area (Å²) in [7, 11) is 0. The Hall–Kier alpha value is -2.18. The van der Waals surface area contributed by atoms with Gasteiger partial charge in [-0.3, -0.25) is 4.79 Å². The van der Waals surface area contributed by atoms with Gasteiger partial charge in [-0.2, -0.15) is 9.61 Å². The monoisotopic (exact) mass is 328 g/mol. The number of nitrogens with zero attached hydrogens (tertiary/aromatic N) is 5. The highest BCUT2D eigenvalue weighted by molar-refractivity contribution is 5.77. The lowest BCUT2D eigenvalue weighted by molar-refractivity contribution is -0.124. The molecule has 2 aromatic heterocycles. The van der Waals surface area contributed by atoms with E-state index in [1.807, 2.05) is 0 Å². The van der Waals surface area contributed by atoms with Gasteiger partial charge in [0.2, 0.25) is 11.6 Å². The fourth-order valence-corrected chi connectivity index (χ4v) is 3.83. The molecule has 1 amide bonds. The van der Waals surface area contributed by atoms with Crippen molar-refractivity contribution in [2.24, 2.45) is 5.41 Å². The molecule has 7 nitrogen and oxygen atoms in total. The van der Waals surface area contributed by atoms with E-state index in [9.17, 15) is 4.79 Å². The van der Waals surface area contributed by atoms with Gasteiger partial charge in [0, 0.05) is 26.1 Å². The second kappa shape index (κ2) is 5.72. The molecule has 4 heterocycles. The fourth-order valence-electron chi connectivity index (χ4n) is 3.83. The molecule has 2 aliphatic heterocycles. The van der Waals surface area contributed by atoms with Crippen molar-refractivity contribution in [1.29, 1.82) is 0 Å². The van der Waals surface area contributed by atoms with Crippen LogP contribution in [0.15, 0.2) is 12.4 Å². The van der Waals surface area contributed by atoms with Gasteiger partial charge in [0.15, 0.2) is 0 Å². The summed E-state index contributed by atoms with van der Waals surface area (Å²) in [5, 5.41) is 15.9. The zero-order valence-corrected chi connectivity index (χ0v) is 14.3. The number of anilines is 1. The van der Waals surface area contributed by atoms with Crippen LogP contribution >= 0.6 is 0 Å². The topological polar surface area (TPSA) is 75.4 Å². The Morgan fingerprint density at radius 2 is 2.04 bits per heavy atom. The number of carbonyl (C=O) groups is 1. The molecule has 7 heteroatoms. The van der Waals surface area contributed by atoms with Crippen molar-refractivity contribution < 1.29 is 4.79 Å². The third-order valence-electron chi connectivity index (χ3n) is 5.57. The number of hydrogen-bond donors (Lipinski definition) is 1. The minimum absolute atomic E-state index is 0.198. The summed E-state index contributed by atoms with van der Waals surface area (Å²) >= 11 is 0. The summed E-state index contributed by atoms with van der Waals surface area (Å²) < 4.78 is 1.79. The van der Waals surface area contributed by atoms with E-state index in [4.69, 9.17) is 0 Å². The minimum Gasteiger partial charge on any atom is -0.368 e. The number of carbonyl (C=O) groups excluding carboxylic acids is 1. The first-order valence-corrected chi connectivity index (χ1v) is 8.79. The first kappa shape index (κ1) is 15.4. The number of piperidine rings is 2. The van der Waals surface area contributed by atoms with Crippen LogP contribution in [-0.2, 0) is 4.79 Å². The molecule has 0 unspecified atom stereocenters. The molecule has 0 saturated carbocycles. The Bertz CT molecular complexity index is 748. The summed E-state index contributed by atoms with van der Waals surface area (Å²) in [6.45, 7) is 7.10. The fraction of sp³-hybridized carbons (Fsp3) is 0.647. The molecule has 1 N–H and O–H groups in total. The van der Waals surface area contributed by atoms with Crippen molar-refractivity contribution in [2.45, 2.75) is 45.4 Å². The summed E-state index contributed by atoms with van der Waals surface area (Å²) in [5.74, 6) is 0.559. The lowest BCUT2D eigenvalue weighted by Gasteiger charge is -2.44. The first-order valence-electron chi connectivity index (χ1n) is 8.79. The smallest absolute Gasteiger partial charge is 0.220 e. The Kier molecular flexibility index (Phi) is 3.66. The number of aromatic nitrogens is 4. The Morgan fingerprint density at radius 3 is 2.71 bits per heavy atom. The van der Waals surface area contributed by atoms with Crippen LogP contribution in [0.5, 0.6) is 0 Å². The van der Waals surface area contributed by atoms with Gasteiger partial charge < -0.3 is 10.2 Å². The van der Waals surface area contributed by atoms with Crippen LogP contribution in [0.2, 0.25) is 0 Å². The van der Waals surface area contributed by atoms with E-state index in [1.54, 1.807) is 10.8 Å². The zero-order valence-electron chi connectivity index (χ0n) is 14.3. The lowest BCUT2D eigenvalue weighted by atomic mass is 9.73. The predicted molar refractivity (Wildman–Crippen MR) is 91.0 cm³/mol. The van der Waals surface area contributed by atoms with Crippen LogP contribution in [0.4, 0.5) is 5.69 Å². The number of nitrogens with one attached hydrogen (secondary N) is 1. The van der Waals surface area contributed by atoms with E-state index in [2.05, 4.69) is 45.4 Å². The molecule has 0 aromatic carbocycles. The molecule has 2 aromatic rings. The van der Waals surface area contributed by atoms with Gasteiger partial charge in [-0.25, -0.2) is 0 Å². The van der Waals surface area contributed by atoms with Gasteiger partial charge in [0.25, 0.3) is 0 Å². The molecule has 24 heavy (non-hydrogen) atoms. The lowest BCUT2D eigenvalue weighted by Crippen LogP contribution is -2.49. The molecule has 1 spiro atoms. The normalized spacial score (nSPS) is 20.8. The summed E-state index contributed by atoms with van der Waals surface area (Å²) in [5.41, 5.74) is 3.29. The predicted octanol–water partition coefficient (Wildman–Crippen LogP) is 1.74. The van der Waals surface area contributed by atoms with Gasteiger partial charge in [0.1, 0.15) is 6.33 Å². The van der Waals surface area contributed by atoms with Crippen molar-refractivity contribution in [3.63, 3.8) is 0 Å². The van der Waals surface area contributed by atoms with Crippen LogP contribution in [0.1, 0.15) is 51.1 Å². The van der Waals surface area contributed by atoms with Crippen LogP contribution in [0, 0.1) is 5.41 Å². The van der Waals surface area contributed by atoms with Gasteiger partial charge in [0.05, 0.1) is 11.4 Å². The van der Waals surface area contributed by atoms with Crippen LogP contribution in [-0.4, -0.2) is 45.4 Å². The van der Waals surface area contributed by atoms with Crippen LogP contribution in [0.3, 0.4) is 0 Å². The Labute approximate surface area is 141 Å². The maximum absolute atomic E-state index is 11.4. The summed E-state index contributed by atoms with van der Waals surface area (Å²) in [6, 6.07) is 2.16. The standard InChI is InChI=1S/C17H24N6O/c1-12(2)13-9-14(16-20-19-11-23(16)21-13)22-7-5-17(6-8-22)4-3-15(24)18-10-17/h9,11-12H,3-8,10H2,1-2H3,(H,18,24). The summed E-state index contributed by atoms with van der Waals surface area (Å²) in [6.07, 6.45) is 5.56. The largest absolute Gasteiger partial charge is 0.368 e. The highest BCUT2D eigenvalue weighted by Crippen LogP contribution is 2.39. The number of hydrogen-bond acceptors (Lipinski definition) is 5. The van der Waals surface area contributed by atoms with Gasteiger partial charge in [-0.05, 0) is 36.7 Å². The molecule has 0 aliphatic carbocycles. The maximum atomic E-state index is 11.4. The van der Waals surface area contributed by atoms with E-state index in [1.165, 1.54) is 0 Å². The molecule has 0 atom stereocenters. The zero-order chi connectivity index (χ0) is 16.7. The van der Waals surface area contributed by atoms with Gasteiger partial charge in [-0.15, -0.1) is 10.2 Å². The SMILES string of the molecule is CC(C)c1cc(N2CCC3(CCC(=O)NC3)CC2)c2nncn2n1. The molecule has 2 aliphatic rings. The third kappa shape index (κ3) is 2.61. The van der Waals surface area contributed by atoms with Crippen molar-refractivity contribution in [1.82, 2.24) is 25.1 Å². The third-order valence-corrected chi connectivity index (χ3v) is 5.57. The van der Waals surface area contributed by atoms with E-state index in [-0.39, 0.29) is 11.3 Å². The number of rotatable bonds is 2. The summed E-state index contributed by atoms with van der Waals surface area (Å²) in [4.78, 5) is 13.8. The highest BCUT2D eigenvalue weighted by Gasteiger charge is 2.38. The average Bonchev–Trinajstić information content (AvgIpc) is 3.06. The van der Waals surface area contributed by atoms with Crippen LogP contribution in [0.25, 0.3) is 5.65 Å². The van der Waals surface area contributed by atoms with Crippen molar-refractivity contribution in [2.75, 3.05) is 24.5 Å². The highest BCUT2D eigenvalue weighted by atomic mass is 16.1. The van der Waals surface area contributed by atoms with E-state index in [0.29, 0.717) is 12.3 Å². The Balaban J connectivity index is 1.58. The number of fused-ring (bicyclic) bond motifs is 1. The van der Waals surface area contributed by atoms with Gasteiger partial charge in [-0.1, -0.05) is 13.8 Å². The molecule has 0 bridgehead atoms. The van der Waals surface area contributed by atoms with E-state index >= 15 is 0 Å². The van der Waals surface area contributed by atoms with E-state index < -0.39 is 0 Å². The molecule has 2 fully saturated rings. The van der Waals surface area contributed by atoms with Crippen molar-refractivity contribution in [3.05, 3.63) is 18.1 Å². The van der Waals surface area contributed by atoms with Crippen LogP contribution < -0.4 is 10.2 Å². The minimum atomic E-state index is 0.198. The van der Waals surface area contributed by atoms with E-state index in [0.717, 1.165) is 55.9 Å². The maximum Gasteiger partial charge on any atom is 0.220 e. The quantitative estimate of drug-likeness (QED) is 0.909. The number of amides is 1. The molecule has 128 valence electrons. The molecule has 2 saturated heterocycles. The Morgan fingerprint density at radius 1 is 1.25 bits per heavy atom.